The summed E-state index contributed by atoms with van der Waals surface area (Å²) < 4.78 is 9.35. The SMILES string of the molecule is CCNCC(O)COc1ccc(-c2cnns2)cc1. The third kappa shape index (κ3) is 4.27. The van der Waals surface area contributed by atoms with Crippen LogP contribution in [0.3, 0.4) is 0 Å². The van der Waals surface area contributed by atoms with Gasteiger partial charge in [-0.1, -0.05) is 11.4 Å². The molecule has 1 heterocycles. The molecule has 0 fully saturated rings. The number of aliphatic hydroxyl groups is 1. The highest BCUT2D eigenvalue weighted by molar-refractivity contribution is 7.09. The zero-order valence-corrected chi connectivity index (χ0v) is 11.6. The molecule has 1 unspecified atom stereocenters. The number of aliphatic hydroxyl groups excluding tert-OH is 1. The molecule has 102 valence electrons. The zero-order valence-electron chi connectivity index (χ0n) is 10.7. The summed E-state index contributed by atoms with van der Waals surface area (Å²) in [6, 6.07) is 7.69. The molecule has 0 aliphatic heterocycles. The van der Waals surface area contributed by atoms with Crippen molar-refractivity contribution >= 4 is 11.5 Å². The van der Waals surface area contributed by atoms with E-state index >= 15 is 0 Å². The summed E-state index contributed by atoms with van der Waals surface area (Å²) in [5.74, 6) is 0.747. The van der Waals surface area contributed by atoms with E-state index in [9.17, 15) is 5.11 Å². The number of likely N-dealkylation sites (N-methyl/N-ethyl adjacent to an activating group) is 1. The lowest BCUT2D eigenvalue weighted by Gasteiger charge is -2.12. The third-order valence-corrected chi connectivity index (χ3v) is 3.29. The minimum Gasteiger partial charge on any atom is -0.491 e. The number of nitrogens with zero attached hydrogens (tertiary/aromatic N) is 2. The molecule has 6 heteroatoms. The average Bonchev–Trinajstić information content (AvgIpc) is 2.97. The second-order valence-electron chi connectivity index (χ2n) is 4.08. The molecule has 0 aliphatic carbocycles. The van der Waals surface area contributed by atoms with E-state index < -0.39 is 6.10 Å². The van der Waals surface area contributed by atoms with Crippen LogP contribution in [0.4, 0.5) is 0 Å². The summed E-state index contributed by atoms with van der Waals surface area (Å²) in [7, 11) is 0. The van der Waals surface area contributed by atoms with Crippen LogP contribution in [0.1, 0.15) is 6.92 Å². The summed E-state index contributed by atoms with van der Waals surface area (Å²) in [6.45, 7) is 3.67. The molecule has 1 aromatic carbocycles. The van der Waals surface area contributed by atoms with Crippen molar-refractivity contribution in [2.45, 2.75) is 13.0 Å². The van der Waals surface area contributed by atoms with E-state index in [1.807, 2.05) is 31.2 Å². The third-order valence-electron chi connectivity index (χ3n) is 2.57. The van der Waals surface area contributed by atoms with Gasteiger partial charge in [-0.3, -0.25) is 0 Å². The fraction of sp³-hybridized carbons (Fsp3) is 0.385. The van der Waals surface area contributed by atoms with Gasteiger partial charge >= 0.3 is 0 Å². The van der Waals surface area contributed by atoms with Crippen LogP contribution in [-0.4, -0.2) is 40.5 Å². The highest BCUT2D eigenvalue weighted by atomic mass is 32.1. The van der Waals surface area contributed by atoms with Crippen LogP contribution in [-0.2, 0) is 0 Å². The van der Waals surface area contributed by atoms with Crippen molar-refractivity contribution < 1.29 is 9.84 Å². The average molecular weight is 279 g/mol. The van der Waals surface area contributed by atoms with Crippen molar-refractivity contribution in [3.05, 3.63) is 30.5 Å². The summed E-state index contributed by atoms with van der Waals surface area (Å²) in [5, 5.41) is 16.5. The molecule has 0 radical (unpaired) electrons. The number of nitrogens with one attached hydrogen (secondary N) is 1. The largest absolute Gasteiger partial charge is 0.491 e. The number of benzene rings is 1. The topological polar surface area (TPSA) is 67.3 Å². The molecule has 1 atom stereocenters. The Kier molecular flexibility index (Phi) is 5.26. The van der Waals surface area contributed by atoms with Gasteiger partial charge < -0.3 is 15.2 Å². The molecule has 2 rings (SSSR count). The highest BCUT2D eigenvalue weighted by Crippen LogP contribution is 2.24. The molecular formula is C13H17N3O2S. The van der Waals surface area contributed by atoms with Gasteiger partial charge in [0.15, 0.2) is 0 Å². The Morgan fingerprint density at radius 2 is 2.16 bits per heavy atom. The normalized spacial score (nSPS) is 12.3. The first-order valence-corrected chi connectivity index (χ1v) is 6.96. The van der Waals surface area contributed by atoms with Crippen LogP contribution in [0, 0.1) is 0 Å². The molecule has 0 bridgehead atoms. The predicted octanol–water partition coefficient (Wildman–Crippen LogP) is 1.55. The van der Waals surface area contributed by atoms with Crippen molar-refractivity contribution in [1.82, 2.24) is 14.9 Å². The Balaban J connectivity index is 1.85. The van der Waals surface area contributed by atoms with Gasteiger partial charge in [0.05, 0.1) is 11.1 Å². The second-order valence-corrected chi connectivity index (χ2v) is 4.86. The molecule has 0 saturated heterocycles. The molecule has 1 aromatic heterocycles. The molecule has 19 heavy (non-hydrogen) atoms. The molecule has 2 N–H and O–H groups in total. The standard InChI is InChI=1S/C13H17N3O2S/c1-2-14-7-11(17)9-18-12-5-3-10(4-6-12)13-8-15-16-19-13/h3-6,8,11,14,17H,2,7,9H2,1H3. The smallest absolute Gasteiger partial charge is 0.119 e. The molecule has 0 saturated carbocycles. The van der Waals surface area contributed by atoms with Gasteiger partial charge in [-0.05, 0) is 47.9 Å². The lowest BCUT2D eigenvalue weighted by Crippen LogP contribution is -2.31. The Labute approximate surface area is 116 Å². The highest BCUT2D eigenvalue weighted by Gasteiger charge is 2.05. The molecular weight excluding hydrogens is 262 g/mol. The molecule has 0 amide bonds. The first-order valence-electron chi connectivity index (χ1n) is 6.19. The summed E-state index contributed by atoms with van der Waals surface area (Å²) in [5.41, 5.74) is 1.07. The molecule has 0 spiro atoms. The van der Waals surface area contributed by atoms with Gasteiger partial charge in [-0.15, -0.1) is 5.10 Å². The van der Waals surface area contributed by atoms with Gasteiger partial charge in [0.25, 0.3) is 0 Å². The Bertz CT molecular complexity index is 473. The number of ether oxygens (including phenoxy) is 1. The first-order chi connectivity index (χ1) is 9.29. The van der Waals surface area contributed by atoms with Gasteiger partial charge in [0.2, 0.25) is 0 Å². The fourth-order valence-electron chi connectivity index (χ4n) is 1.57. The van der Waals surface area contributed by atoms with Gasteiger partial charge in [-0.2, -0.15) is 0 Å². The van der Waals surface area contributed by atoms with Crippen LogP contribution in [0.15, 0.2) is 30.5 Å². The Morgan fingerprint density at radius 3 is 2.79 bits per heavy atom. The van der Waals surface area contributed by atoms with Gasteiger partial charge in [0.1, 0.15) is 18.5 Å². The van der Waals surface area contributed by atoms with Crippen molar-refractivity contribution in [2.24, 2.45) is 0 Å². The first kappa shape index (κ1) is 13.9. The van der Waals surface area contributed by atoms with Crippen molar-refractivity contribution in [3.8, 4) is 16.2 Å². The monoisotopic (exact) mass is 279 g/mol. The van der Waals surface area contributed by atoms with Gasteiger partial charge in [0, 0.05) is 6.54 Å². The fourth-order valence-corrected chi connectivity index (χ4v) is 2.09. The minimum absolute atomic E-state index is 0.286. The second kappa shape index (κ2) is 7.18. The van der Waals surface area contributed by atoms with E-state index in [1.54, 1.807) is 6.20 Å². The van der Waals surface area contributed by atoms with Crippen LogP contribution in [0.25, 0.3) is 10.4 Å². The van der Waals surface area contributed by atoms with Crippen LogP contribution < -0.4 is 10.1 Å². The van der Waals surface area contributed by atoms with Crippen LogP contribution >= 0.6 is 11.5 Å². The van der Waals surface area contributed by atoms with Crippen molar-refractivity contribution in [1.29, 1.82) is 0 Å². The summed E-state index contributed by atoms with van der Waals surface area (Å²) in [6.07, 6.45) is 1.24. The molecule has 2 aromatic rings. The van der Waals surface area contributed by atoms with Crippen LogP contribution in [0.2, 0.25) is 0 Å². The summed E-state index contributed by atoms with van der Waals surface area (Å²) >= 11 is 1.36. The van der Waals surface area contributed by atoms with E-state index in [4.69, 9.17) is 4.74 Å². The molecule has 5 nitrogen and oxygen atoms in total. The Hall–Kier alpha value is -1.50. The quantitative estimate of drug-likeness (QED) is 0.805. The van der Waals surface area contributed by atoms with E-state index in [1.165, 1.54) is 11.5 Å². The van der Waals surface area contributed by atoms with Crippen molar-refractivity contribution in [3.63, 3.8) is 0 Å². The molecule has 0 aliphatic rings. The lowest BCUT2D eigenvalue weighted by atomic mass is 10.2. The Morgan fingerprint density at radius 1 is 1.37 bits per heavy atom. The van der Waals surface area contributed by atoms with E-state index in [0.29, 0.717) is 6.54 Å². The number of rotatable bonds is 7. The van der Waals surface area contributed by atoms with E-state index in [-0.39, 0.29) is 6.61 Å². The number of aromatic nitrogens is 2. The maximum absolute atomic E-state index is 9.64. The number of hydrogen-bond donors (Lipinski definition) is 2. The van der Waals surface area contributed by atoms with E-state index in [2.05, 4.69) is 14.9 Å². The summed E-state index contributed by atoms with van der Waals surface area (Å²) in [4.78, 5) is 1.03. The van der Waals surface area contributed by atoms with E-state index in [0.717, 1.165) is 22.7 Å². The maximum atomic E-state index is 9.64. The predicted molar refractivity (Wildman–Crippen MR) is 75.4 cm³/mol. The van der Waals surface area contributed by atoms with Crippen LogP contribution in [0.5, 0.6) is 5.75 Å². The zero-order chi connectivity index (χ0) is 13.5. The lowest BCUT2D eigenvalue weighted by molar-refractivity contribution is 0.107. The van der Waals surface area contributed by atoms with Gasteiger partial charge in [-0.25, -0.2) is 0 Å². The van der Waals surface area contributed by atoms with Crippen molar-refractivity contribution in [2.75, 3.05) is 19.7 Å². The number of hydrogen-bond acceptors (Lipinski definition) is 6. The maximum Gasteiger partial charge on any atom is 0.119 e. The minimum atomic E-state index is -0.495.